The van der Waals surface area contributed by atoms with Crippen molar-refractivity contribution in [2.75, 3.05) is 40.9 Å². The highest BCUT2D eigenvalue weighted by atomic mass is 16.3. The van der Waals surface area contributed by atoms with Crippen LogP contribution in [0.5, 0.6) is 5.75 Å². The Bertz CT molecular complexity index is 969. The van der Waals surface area contributed by atoms with E-state index in [1.54, 1.807) is 35.2 Å². The van der Waals surface area contributed by atoms with Crippen molar-refractivity contribution in [3.05, 3.63) is 48.5 Å². The Hall–Kier alpha value is -3.26. The second-order valence-corrected chi connectivity index (χ2v) is 8.70. The van der Waals surface area contributed by atoms with Crippen molar-refractivity contribution in [1.29, 1.82) is 0 Å². The van der Waals surface area contributed by atoms with Crippen LogP contribution in [0.2, 0.25) is 0 Å². The number of urea groups is 1. The minimum atomic E-state index is -0.638. The number of carbonyl (C=O) groups is 1. The van der Waals surface area contributed by atoms with Gasteiger partial charge in [0, 0.05) is 37.6 Å². The van der Waals surface area contributed by atoms with Crippen LogP contribution in [-0.4, -0.2) is 72.0 Å². The van der Waals surface area contributed by atoms with E-state index in [2.05, 4.69) is 14.8 Å². The molecule has 1 saturated heterocycles. The lowest BCUT2D eigenvalue weighted by atomic mass is 10.1. The SMILES string of the molecule is CC[C@H]1N=CN(c2ccc(N3CCN(c4ccc(O)cc4)CC3)cc2)C(=O)N1C(C)C(C)O. The van der Waals surface area contributed by atoms with Gasteiger partial charge in [-0.2, -0.15) is 0 Å². The summed E-state index contributed by atoms with van der Waals surface area (Å²) in [4.78, 5) is 25.7. The summed E-state index contributed by atoms with van der Waals surface area (Å²) in [5, 5.41) is 19.6. The van der Waals surface area contributed by atoms with Crippen LogP contribution >= 0.6 is 0 Å². The molecule has 2 unspecified atom stereocenters. The smallest absolute Gasteiger partial charge is 0.331 e. The molecule has 2 aliphatic rings. The summed E-state index contributed by atoms with van der Waals surface area (Å²) in [6.07, 6.45) is 1.40. The monoisotopic (exact) mass is 451 g/mol. The standard InChI is InChI=1S/C25H33N5O3/c1-4-24-26-17-29(25(33)30(24)18(2)19(3)31)22-7-5-20(6-8-22)27-13-15-28(16-14-27)21-9-11-23(32)12-10-21/h5-12,17-19,24,31-32H,4,13-16H2,1-3H3/t18?,19?,24-/m0/s1. The third kappa shape index (κ3) is 4.75. The number of phenolic OH excluding ortho intramolecular Hbond substituents is 1. The van der Waals surface area contributed by atoms with E-state index in [-0.39, 0.29) is 24.0 Å². The molecular weight excluding hydrogens is 418 g/mol. The third-order valence-electron chi connectivity index (χ3n) is 6.59. The van der Waals surface area contributed by atoms with Crippen molar-refractivity contribution in [1.82, 2.24) is 4.90 Å². The number of aliphatic imine (C=N–C) groups is 1. The summed E-state index contributed by atoms with van der Waals surface area (Å²) < 4.78 is 0. The molecule has 3 atom stereocenters. The van der Waals surface area contributed by atoms with E-state index in [1.165, 1.54) is 0 Å². The van der Waals surface area contributed by atoms with Crippen LogP contribution in [-0.2, 0) is 0 Å². The van der Waals surface area contributed by atoms with Crippen molar-refractivity contribution in [2.24, 2.45) is 4.99 Å². The van der Waals surface area contributed by atoms with Gasteiger partial charge in [0.15, 0.2) is 0 Å². The van der Waals surface area contributed by atoms with Crippen LogP contribution < -0.4 is 14.7 Å². The van der Waals surface area contributed by atoms with Crippen LogP contribution in [0.3, 0.4) is 0 Å². The normalized spacial score (nSPS) is 20.8. The van der Waals surface area contributed by atoms with Crippen molar-refractivity contribution in [3.8, 4) is 5.75 Å². The molecule has 8 nitrogen and oxygen atoms in total. The molecule has 0 bridgehead atoms. The molecule has 0 aliphatic carbocycles. The molecule has 0 aromatic heterocycles. The predicted molar refractivity (Wildman–Crippen MR) is 132 cm³/mol. The highest BCUT2D eigenvalue weighted by Gasteiger charge is 2.35. The van der Waals surface area contributed by atoms with Gasteiger partial charge >= 0.3 is 6.03 Å². The Morgan fingerprint density at radius 3 is 1.88 bits per heavy atom. The second-order valence-electron chi connectivity index (χ2n) is 8.70. The summed E-state index contributed by atoms with van der Waals surface area (Å²) in [7, 11) is 0. The van der Waals surface area contributed by atoms with Crippen LogP contribution in [0.4, 0.5) is 21.9 Å². The first-order valence-electron chi connectivity index (χ1n) is 11.6. The number of benzene rings is 2. The Balaban J connectivity index is 1.43. The average molecular weight is 452 g/mol. The van der Waals surface area contributed by atoms with Gasteiger partial charge in [0.1, 0.15) is 18.3 Å². The summed E-state index contributed by atoms with van der Waals surface area (Å²) in [6, 6.07) is 14.8. The molecule has 1 fully saturated rings. The summed E-state index contributed by atoms with van der Waals surface area (Å²) in [6.45, 7) is 9.12. The average Bonchev–Trinajstić information content (AvgIpc) is 2.84. The Kier molecular flexibility index (Phi) is 6.74. The molecule has 8 heteroatoms. The van der Waals surface area contributed by atoms with Gasteiger partial charge in [0.2, 0.25) is 0 Å². The third-order valence-corrected chi connectivity index (χ3v) is 6.59. The highest BCUT2D eigenvalue weighted by molar-refractivity contribution is 6.09. The summed E-state index contributed by atoms with van der Waals surface area (Å²) >= 11 is 0. The lowest BCUT2D eigenvalue weighted by Gasteiger charge is -2.41. The van der Waals surface area contributed by atoms with Crippen LogP contribution in [0, 0.1) is 0 Å². The fraction of sp³-hybridized carbons (Fsp3) is 0.440. The molecule has 2 aromatic rings. The van der Waals surface area contributed by atoms with Crippen molar-refractivity contribution >= 4 is 29.4 Å². The number of hydrogen-bond donors (Lipinski definition) is 2. The van der Waals surface area contributed by atoms with E-state index in [4.69, 9.17) is 0 Å². The molecule has 4 rings (SSSR count). The van der Waals surface area contributed by atoms with Gasteiger partial charge < -0.3 is 20.0 Å². The van der Waals surface area contributed by atoms with E-state index in [1.807, 2.05) is 50.2 Å². The number of aliphatic hydroxyl groups excluding tert-OH is 1. The summed E-state index contributed by atoms with van der Waals surface area (Å²) in [5.41, 5.74) is 2.99. The lowest BCUT2D eigenvalue weighted by molar-refractivity contribution is 0.0669. The molecule has 2 amide bonds. The van der Waals surface area contributed by atoms with Gasteiger partial charge in [-0.15, -0.1) is 0 Å². The maximum Gasteiger partial charge on any atom is 0.331 e. The van der Waals surface area contributed by atoms with Crippen LogP contribution in [0.25, 0.3) is 0 Å². The van der Waals surface area contributed by atoms with E-state index >= 15 is 0 Å². The van der Waals surface area contributed by atoms with E-state index in [0.717, 1.165) is 43.2 Å². The Morgan fingerprint density at radius 1 is 0.909 bits per heavy atom. The minimum Gasteiger partial charge on any atom is -0.508 e. The fourth-order valence-electron chi connectivity index (χ4n) is 4.38. The van der Waals surface area contributed by atoms with Gasteiger partial charge in [0.25, 0.3) is 0 Å². The van der Waals surface area contributed by atoms with Crippen LogP contribution in [0.15, 0.2) is 53.5 Å². The number of aromatic hydroxyl groups is 1. The molecule has 176 valence electrons. The number of piperazine rings is 1. The summed E-state index contributed by atoms with van der Waals surface area (Å²) in [5.74, 6) is 0.281. The quantitative estimate of drug-likeness (QED) is 0.703. The Morgan fingerprint density at radius 2 is 1.39 bits per heavy atom. The zero-order valence-electron chi connectivity index (χ0n) is 19.5. The maximum absolute atomic E-state index is 13.2. The number of carbonyl (C=O) groups excluding carboxylic acids is 1. The first-order valence-corrected chi connectivity index (χ1v) is 11.6. The number of phenols is 1. The predicted octanol–water partition coefficient (Wildman–Crippen LogP) is 3.49. The number of aliphatic hydroxyl groups is 1. The van der Waals surface area contributed by atoms with Crippen LogP contribution in [0.1, 0.15) is 27.2 Å². The molecule has 33 heavy (non-hydrogen) atoms. The first-order chi connectivity index (χ1) is 15.9. The zero-order chi connectivity index (χ0) is 23.5. The van der Waals surface area contributed by atoms with Gasteiger partial charge in [0.05, 0.1) is 17.8 Å². The minimum absolute atomic E-state index is 0.166. The largest absolute Gasteiger partial charge is 0.508 e. The number of rotatable bonds is 6. The number of hydrogen-bond acceptors (Lipinski definition) is 6. The fourth-order valence-corrected chi connectivity index (χ4v) is 4.38. The molecule has 2 heterocycles. The van der Waals surface area contributed by atoms with Crippen molar-refractivity contribution in [3.63, 3.8) is 0 Å². The Labute approximate surface area is 195 Å². The van der Waals surface area contributed by atoms with E-state index < -0.39 is 6.10 Å². The molecule has 2 aromatic carbocycles. The van der Waals surface area contributed by atoms with E-state index in [9.17, 15) is 15.0 Å². The van der Waals surface area contributed by atoms with Gasteiger partial charge in [-0.25, -0.2) is 9.79 Å². The molecule has 0 radical (unpaired) electrons. The van der Waals surface area contributed by atoms with Gasteiger partial charge in [-0.05, 0) is 68.8 Å². The molecular formula is C25H33N5O3. The van der Waals surface area contributed by atoms with Gasteiger partial charge in [-0.3, -0.25) is 9.80 Å². The number of anilines is 3. The molecule has 0 saturated carbocycles. The number of amides is 2. The maximum atomic E-state index is 13.2. The zero-order valence-corrected chi connectivity index (χ0v) is 19.5. The lowest BCUT2D eigenvalue weighted by Crippen LogP contribution is -2.57. The molecule has 2 aliphatic heterocycles. The van der Waals surface area contributed by atoms with E-state index in [0.29, 0.717) is 6.42 Å². The molecule has 0 spiro atoms. The van der Waals surface area contributed by atoms with Crippen molar-refractivity contribution < 1.29 is 15.0 Å². The first kappa shape index (κ1) is 22.9. The topological polar surface area (TPSA) is 82.9 Å². The van der Waals surface area contributed by atoms with Crippen molar-refractivity contribution in [2.45, 2.75) is 45.5 Å². The number of nitrogens with zero attached hydrogens (tertiary/aromatic N) is 5. The van der Waals surface area contributed by atoms with Gasteiger partial charge in [-0.1, -0.05) is 6.92 Å². The molecule has 2 N–H and O–H groups in total. The second kappa shape index (κ2) is 9.70. The highest BCUT2D eigenvalue weighted by Crippen LogP contribution is 2.27.